The largest absolute Gasteiger partial charge is 0.394 e. The smallest absolute Gasteiger partial charge is 0.223 e. The van der Waals surface area contributed by atoms with Crippen molar-refractivity contribution in [2.75, 3.05) is 6.61 Å². The molecule has 3 nitrogen and oxygen atoms in total. The molecule has 0 aromatic rings. The number of aliphatic hydroxyl groups is 1. The van der Waals surface area contributed by atoms with Crippen molar-refractivity contribution in [2.24, 2.45) is 5.92 Å². The highest BCUT2D eigenvalue weighted by atomic mass is 16.3. The molecule has 1 amide bonds. The molecule has 110 valence electrons. The summed E-state index contributed by atoms with van der Waals surface area (Å²) in [7, 11) is 0. The summed E-state index contributed by atoms with van der Waals surface area (Å²) in [4.78, 5) is 12.5. The first-order valence-electron chi connectivity index (χ1n) is 8.19. The van der Waals surface area contributed by atoms with E-state index in [-0.39, 0.29) is 24.0 Å². The summed E-state index contributed by atoms with van der Waals surface area (Å²) in [5.74, 6) is 0.392. The van der Waals surface area contributed by atoms with Crippen molar-refractivity contribution in [1.29, 1.82) is 0 Å². The van der Waals surface area contributed by atoms with E-state index in [1.165, 1.54) is 38.5 Å². The molecule has 19 heavy (non-hydrogen) atoms. The minimum Gasteiger partial charge on any atom is -0.394 e. The van der Waals surface area contributed by atoms with Crippen molar-refractivity contribution < 1.29 is 9.90 Å². The van der Waals surface area contributed by atoms with E-state index in [1.54, 1.807) is 0 Å². The second kappa shape index (κ2) is 7.28. The van der Waals surface area contributed by atoms with Gasteiger partial charge in [-0.3, -0.25) is 4.79 Å². The summed E-state index contributed by atoms with van der Waals surface area (Å²) >= 11 is 0. The molecule has 0 aromatic carbocycles. The van der Waals surface area contributed by atoms with Gasteiger partial charge in [0.1, 0.15) is 0 Å². The maximum absolute atomic E-state index is 12.5. The van der Waals surface area contributed by atoms with Gasteiger partial charge in [-0.1, -0.05) is 51.4 Å². The first-order valence-corrected chi connectivity index (χ1v) is 8.19. The normalized spacial score (nSPS) is 25.3. The number of hydrogen-bond acceptors (Lipinski definition) is 2. The van der Waals surface area contributed by atoms with Crippen molar-refractivity contribution in [3.05, 3.63) is 0 Å². The molecule has 2 rings (SSSR count). The van der Waals surface area contributed by atoms with Crippen molar-refractivity contribution in [3.8, 4) is 0 Å². The van der Waals surface area contributed by atoms with Crippen molar-refractivity contribution in [3.63, 3.8) is 0 Å². The van der Waals surface area contributed by atoms with Crippen LogP contribution < -0.4 is 5.32 Å². The third kappa shape index (κ3) is 4.20. The number of rotatable bonds is 3. The SMILES string of the molecule is O=C(NC1(CO)CCCCC1)C1CCCCCCC1. The summed E-state index contributed by atoms with van der Waals surface area (Å²) in [5, 5.41) is 12.9. The molecule has 2 aliphatic carbocycles. The second-order valence-electron chi connectivity index (χ2n) is 6.53. The average molecular weight is 267 g/mol. The van der Waals surface area contributed by atoms with Crippen LogP contribution in [0.5, 0.6) is 0 Å². The Morgan fingerprint density at radius 3 is 2.05 bits per heavy atom. The molecule has 0 bridgehead atoms. The number of nitrogens with one attached hydrogen (secondary N) is 1. The Balaban J connectivity index is 1.90. The number of hydrogen-bond donors (Lipinski definition) is 2. The van der Waals surface area contributed by atoms with E-state index in [0.717, 1.165) is 38.5 Å². The lowest BCUT2D eigenvalue weighted by molar-refractivity contribution is -0.128. The van der Waals surface area contributed by atoms with Crippen LogP contribution >= 0.6 is 0 Å². The van der Waals surface area contributed by atoms with Gasteiger partial charge in [-0.15, -0.1) is 0 Å². The first-order chi connectivity index (χ1) is 9.26. The predicted octanol–water partition coefficient (Wildman–Crippen LogP) is 3.16. The molecule has 2 N–H and O–H groups in total. The van der Waals surface area contributed by atoms with Gasteiger partial charge in [0.15, 0.2) is 0 Å². The van der Waals surface area contributed by atoms with Crippen molar-refractivity contribution >= 4 is 5.91 Å². The zero-order valence-corrected chi connectivity index (χ0v) is 12.1. The van der Waals surface area contributed by atoms with E-state index in [4.69, 9.17) is 0 Å². The van der Waals surface area contributed by atoms with E-state index >= 15 is 0 Å². The molecular formula is C16H29NO2. The highest BCUT2D eigenvalue weighted by Crippen LogP contribution is 2.29. The molecule has 0 atom stereocenters. The fraction of sp³-hybridized carbons (Fsp3) is 0.938. The average Bonchev–Trinajstić information content (AvgIpc) is 2.39. The lowest BCUT2D eigenvalue weighted by atomic mass is 9.81. The van der Waals surface area contributed by atoms with Crippen LogP contribution in [-0.2, 0) is 4.79 Å². The van der Waals surface area contributed by atoms with Crippen LogP contribution in [-0.4, -0.2) is 23.2 Å². The van der Waals surface area contributed by atoms with E-state index < -0.39 is 0 Å². The third-order valence-corrected chi connectivity index (χ3v) is 4.98. The molecule has 2 fully saturated rings. The Morgan fingerprint density at radius 2 is 1.47 bits per heavy atom. The molecular weight excluding hydrogens is 238 g/mol. The van der Waals surface area contributed by atoms with Gasteiger partial charge < -0.3 is 10.4 Å². The minimum atomic E-state index is -0.308. The first kappa shape index (κ1) is 14.8. The molecule has 0 radical (unpaired) electrons. The van der Waals surface area contributed by atoms with Gasteiger partial charge >= 0.3 is 0 Å². The molecule has 2 aliphatic rings. The molecule has 3 heteroatoms. The predicted molar refractivity (Wildman–Crippen MR) is 76.9 cm³/mol. The summed E-state index contributed by atoms with van der Waals surface area (Å²) in [5.41, 5.74) is -0.308. The maximum atomic E-state index is 12.5. The van der Waals surface area contributed by atoms with Crippen LogP contribution in [0.15, 0.2) is 0 Å². The lowest BCUT2D eigenvalue weighted by Gasteiger charge is -2.37. The number of carbonyl (C=O) groups excluding carboxylic acids is 1. The molecule has 2 saturated carbocycles. The van der Waals surface area contributed by atoms with Gasteiger partial charge in [0, 0.05) is 5.92 Å². The number of carbonyl (C=O) groups is 1. The van der Waals surface area contributed by atoms with E-state index in [0.29, 0.717) is 0 Å². The lowest BCUT2D eigenvalue weighted by Crippen LogP contribution is -2.54. The van der Waals surface area contributed by atoms with Gasteiger partial charge in [-0.25, -0.2) is 0 Å². The van der Waals surface area contributed by atoms with Crippen LogP contribution in [0.3, 0.4) is 0 Å². The maximum Gasteiger partial charge on any atom is 0.223 e. The molecule has 0 aliphatic heterocycles. The van der Waals surface area contributed by atoms with Crippen LogP contribution in [0.2, 0.25) is 0 Å². The Labute approximate surface area is 117 Å². The third-order valence-electron chi connectivity index (χ3n) is 4.98. The van der Waals surface area contributed by atoms with Gasteiger partial charge in [0.05, 0.1) is 12.1 Å². The fourth-order valence-electron chi connectivity index (χ4n) is 3.63. The van der Waals surface area contributed by atoms with Crippen LogP contribution in [0.1, 0.15) is 77.0 Å². The zero-order valence-electron chi connectivity index (χ0n) is 12.1. The highest BCUT2D eigenvalue weighted by molar-refractivity contribution is 5.79. The van der Waals surface area contributed by atoms with Crippen LogP contribution in [0.4, 0.5) is 0 Å². The Kier molecular flexibility index (Phi) is 5.68. The number of aliphatic hydroxyl groups excluding tert-OH is 1. The summed E-state index contributed by atoms with van der Waals surface area (Å²) in [6, 6.07) is 0. The summed E-state index contributed by atoms with van der Waals surface area (Å²) < 4.78 is 0. The van der Waals surface area contributed by atoms with Gasteiger partial charge in [0.2, 0.25) is 5.91 Å². The molecule has 0 saturated heterocycles. The van der Waals surface area contributed by atoms with E-state index in [1.807, 2.05) is 0 Å². The molecule has 0 aromatic heterocycles. The Bertz CT molecular complexity index is 276. The summed E-state index contributed by atoms with van der Waals surface area (Å²) in [6.07, 6.45) is 13.7. The van der Waals surface area contributed by atoms with Crippen molar-refractivity contribution in [2.45, 2.75) is 82.6 Å². The topological polar surface area (TPSA) is 49.3 Å². The summed E-state index contributed by atoms with van der Waals surface area (Å²) in [6.45, 7) is 0.103. The Morgan fingerprint density at radius 1 is 0.947 bits per heavy atom. The quantitative estimate of drug-likeness (QED) is 0.825. The van der Waals surface area contributed by atoms with Crippen LogP contribution in [0.25, 0.3) is 0 Å². The fourth-order valence-corrected chi connectivity index (χ4v) is 3.63. The number of amides is 1. The standard InChI is InChI=1S/C16H29NO2/c18-13-16(11-7-4-8-12-16)17-15(19)14-9-5-2-1-3-6-10-14/h14,18H,1-13H2,(H,17,19). The monoisotopic (exact) mass is 267 g/mol. The second-order valence-corrected chi connectivity index (χ2v) is 6.53. The van der Waals surface area contributed by atoms with E-state index in [2.05, 4.69) is 5.32 Å². The Hall–Kier alpha value is -0.570. The molecule has 0 heterocycles. The molecule has 0 unspecified atom stereocenters. The van der Waals surface area contributed by atoms with E-state index in [9.17, 15) is 9.90 Å². The van der Waals surface area contributed by atoms with Gasteiger partial charge in [-0.05, 0) is 25.7 Å². The zero-order chi connectivity index (χ0) is 13.6. The molecule has 0 spiro atoms. The van der Waals surface area contributed by atoms with Crippen LogP contribution in [0, 0.1) is 5.92 Å². The highest BCUT2D eigenvalue weighted by Gasteiger charge is 2.34. The van der Waals surface area contributed by atoms with Gasteiger partial charge in [0.25, 0.3) is 0 Å². The van der Waals surface area contributed by atoms with Gasteiger partial charge in [-0.2, -0.15) is 0 Å². The van der Waals surface area contributed by atoms with Crippen molar-refractivity contribution in [1.82, 2.24) is 5.32 Å². The minimum absolute atomic E-state index is 0.103.